The van der Waals surface area contributed by atoms with Crippen LogP contribution in [-0.4, -0.2) is 14.9 Å². The highest BCUT2D eigenvalue weighted by Gasteiger charge is 2.19. The Morgan fingerprint density at radius 2 is 1.70 bits per heavy atom. The Bertz CT molecular complexity index is 1050. The minimum atomic E-state index is -0.388. The monoisotopic (exact) mass is 356 g/mol. The molecular formula is C21H16N4O2. The molecule has 2 aromatic carbocycles. The van der Waals surface area contributed by atoms with Crippen molar-refractivity contribution in [3.05, 3.63) is 107 Å². The molecule has 6 heteroatoms. The van der Waals surface area contributed by atoms with Crippen molar-refractivity contribution in [2.24, 2.45) is 0 Å². The van der Waals surface area contributed by atoms with Gasteiger partial charge in [0.15, 0.2) is 0 Å². The highest BCUT2D eigenvalue weighted by atomic mass is 16.6. The molecular weight excluding hydrogens is 340 g/mol. The Morgan fingerprint density at radius 3 is 2.44 bits per heavy atom. The Balaban J connectivity index is 1.83. The van der Waals surface area contributed by atoms with E-state index in [4.69, 9.17) is 0 Å². The van der Waals surface area contributed by atoms with Gasteiger partial charge in [0.25, 0.3) is 5.69 Å². The molecule has 0 fully saturated rings. The zero-order valence-corrected chi connectivity index (χ0v) is 14.3. The molecule has 0 radical (unpaired) electrons. The molecule has 0 spiro atoms. The fraction of sp³-hybridized carbons (Fsp3) is 0.0476. The van der Waals surface area contributed by atoms with Crippen LogP contribution in [0.3, 0.4) is 0 Å². The van der Waals surface area contributed by atoms with Gasteiger partial charge in [-0.25, -0.2) is 0 Å². The molecule has 27 heavy (non-hydrogen) atoms. The van der Waals surface area contributed by atoms with Gasteiger partial charge in [0, 0.05) is 35.7 Å². The first-order chi connectivity index (χ1) is 13.2. The fourth-order valence-electron chi connectivity index (χ4n) is 3.14. The van der Waals surface area contributed by atoms with E-state index in [2.05, 4.69) is 15.3 Å². The Kier molecular flexibility index (Phi) is 4.45. The van der Waals surface area contributed by atoms with E-state index in [1.54, 1.807) is 24.5 Å². The second-order valence-corrected chi connectivity index (χ2v) is 6.05. The summed E-state index contributed by atoms with van der Waals surface area (Å²) in [6.07, 6.45) is 4.91. The van der Waals surface area contributed by atoms with Gasteiger partial charge in [-0.1, -0.05) is 36.4 Å². The van der Waals surface area contributed by atoms with E-state index in [-0.39, 0.29) is 16.7 Å². The zero-order chi connectivity index (χ0) is 18.6. The number of aromatic nitrogens is 2. The zero-order valence-electron chi connectivity index (χ0n) is 14.3. The molecule has 0 bridgehead atoms. The molecule has 0 amide bonds. The van der Waals surface area contributed by atoms with E-state index in [0.29, 0.717) is 5.39 Å². The van der Waals surface area contributed by atoms with Crippen LogP contribution in [0.4, 0.5) is 11.4 Å². The highest BCUT2D eigenvalue weighted by molar-refractivity contribution is 5.99. The van der Waals surface area contributed by atoms with Gasteiger partial charge in [-0.15, -0.1) is 0 Å². The van der Waals surface area contributed by atoms with Crippen molar-refractivity contribution in [2.45, 2.75) is 6.04 Å². The first-order valence-corrected chi connectivity index (χ1v) is 8.47. The number of hydrogen-bond donors (Lipinski definition) is 1. The average molecular weight is 356 g/mol. The molecule has 4 aromatic rings. The molecule has 4 rings (SSSR count). The lowest BCUT2D eigenvalue weighted by Gasteiger charge is -2.21. The predicted molar refractivity (Wildman–Crippen MR) is 105 cm³/mol. The number of hydrogen-bond acceptors (Lipinski definition) is 5. The van der Waals surface area contributed by atoms with Gasteiger partial charge in [0.2, 0.25) is 0 Å². The summed E-state index contributed by atoms with van der Waals surface area (Å²) in [5, 5.41) is 16.1. The topological polar surface area (TPSA) is 81.0 Å². The molecule has 0 aliphatic heterocycles. The summed E-state index contributed by atoms with van der Waals surface area (Å²) < 4.78 is 0. The molecule has 2 aromatic heterocycles. The third-order valence-corrected chi connectivity index (χ3v) is 4.41. The third kappa shape index (κ3) is 3.32. The summed E-state index contributed by atoms with van der Waals surface area (Å²) in [6.45, 7) is 0. The van der Waals surface area contributed by atoms with Gasteiger partial charge < -0.3 is 5.32 Å². The van der Waals surface area contributed by atoms with E-state index in [1.165, 1.54) is 12.3 Å². The number of nitro benzene ring substituents is 1. The smallest absolute Gasteiger partial charge is 0.278 e. The van der Waals surface area contributed by atoms with Crippen molar-refractivity contribution in [2.75, 3.05) is 5.32 Å². The molecule has 6 nitrogen and oxygen atoms in total. The molecule has 132 valence electrons. The summed E-state index contributed by atoms with van der Waals surface area (Å²) in [6, 6.07) is 20.6. The van der Waals surface area contributed by atoms with Crippen LogP contribution in [0.1, 0.15) is 17.3 Å². The maximum atomic E-state index is 11.3. The number of non-ortho nitro benzene ring substituents is 1. The molecule has 0 aliphatic rings. The van der Waals surface area contributed by atoms with Crippen LogP contribution in [0.5, 0.6) is 0 Å². The van der Waals surface area contributed by atoms with Gasteiger partial charge in [0.05, 0.1) is 22.0 Å². The first-order valence-electron chi connectivity index (χ1n) is 8.47. The summed E-state index contributed by atoms with van der Waals surface area (Å²) in [4.78, 5) is 19.5. The van der Waals surface area contributed by atoms with Gasteiger partial charge in [-0.3, -0.25) is 20.1 Å². The summed E-state index contributed by atoms with van der Waals surface area (Å²) in [5.74, 6) is 0. The average Bonchev–Trinajstić information content (AvgIpc) is 2.73. The second-order valence-electron chi connectivity index (χ2n) is 6.05. The number of fused-ring (bicyclic) bond motifs is 1. The molecule has 0 aliphatic carbocycles. The number of anilines is 1. The summed E-state index contributed by atoms with van der Waals surface area (Å²) in [5.41, 5.74) is 2.75. The minimum absolute atomic E-state index is 0.0396. The Labute approximate surface area is 155 Å². The number of pyridine rings is 2. The van der Waals surface area contributed by atoms with E-state index >= 15 is 0 Å². The molecule has 1 atom stereocenters. The molecule has 1 N–H and O–H groups in total. The first kappa shape index (κ1) is 16.7. The number of nitro groups is 1. The minimum Gasteiger partial charge on any atom is -0.372 e. The normalized spacial score (nSPS) is 11.9. The van der Waals surface area contributed by atoms with Crippen LogP contribution < -0.4 is 5.32 Å². The lowest BCUT2D eigenvalue weighted by atomic mass is 10.0. The van der Waals surface area contributed by atoms with Crippen molar-refractivity contribution in [1.82, 2.24) is 9.97 Å². The Hall–Kier alpha value is -3.80. The van der Waals surface area contributed by atoms with Crippen molar-refractivity contribution in [3.8, 4) is 0 Å². The standard InChI is InChI=1S/C21H16N4O2/c26-25(27)20-10-9-18(16-11-13-22-14-17(16)20)24-21(15-6-2-1-3-7-15)19-8-4-5-12-23-19/h1-14,21,24H/t21-/m0/s1. The predicted octanol–water partition coefficient (Wildman–Crippen LogP) is 4.74. The van der Waals surface area contributed by atoms with Crippen LogP contribution in [0.15, 0.2) is 85.3 Å². The van der Waals surface area contributed by atoms with Gasteiger partial charge in [-0.05, 0) is 29.8 Å². The highest BCUT2D eigenvalue weighted by Crippen LogP contribution is 2.34. The van der Waals surface area contributed by atoms with E-state index in [1.807, 2.05) is 48.5 Å². The van der Waals surface area contributed by atoms with Crippen LogP contribution in [-0.2, 0) is 0 Å². The summed E-state index contributed by atoms with van der Waals surface area (Å²) in [7, 11) is 0. The van der Waals surface area contributed by atoms with Crippen molar-refractivity contribution >= 4 is 22.1 Å². The molecule has 0 saturated heterocycles. The quantitative estimate of drug-likeness (QED) is 0.413. The van der Waals surface area contributed by atoms with Crippen molar-refractivity contribution < 1.29 is 4.92 Å². The largest absolute Gasteiger partial charge is 0.372 e. The number of nitrogens with one attached hydrogen (secondary N) is 1. The molecule has 2 heterocycles. The number of nitrogens with zero attached hydrogens (tertiary/aromatic N) is 3. The maximum absolute atomic E-state index is 11.3. The van der Waals surface area contributed by atoms with Crippen LogP contribution >= 0.6 is 0 Å². The van der Waals surface area contributed by atoms with Gasteiger partial charge in [-0.2, -0.15) is 0 Å². The van der Waals surface area contributed by atoms with E-state index in [0.717, 1.165) is 22.3 Å². The second kappa shape index (κ2) is 7.21. The SMILES string of the molecule is O=[N+]([O-])c1ccc(N[C@@H](c2ccccc2)c2ccccn2)c2ccncc12. The van der Waals surface area contributed by atoms with Crippen LogP contribution in [0, 0.1) is 10.1 Å². The lowest BCUT2D eigenvalue weighted by Crippen LogP contribution is -2.14. The van der Waals surface area contributed by atoms with Crippen LogP contribution in [0.2, 0.25) is 0 Å². The molecule has 0 unspecified atom stereocenters. The summed E-state index contributed by atoms with van der Waals surface area (Å²) >= 11 is 0. The van der Waals surface area contributed by atoms with E-state index < -0.39 is 0 Å². The van der Waals surface area contributed by atoms with Gasteiger partial charge >= 0.3 is 0 Å². The number of rotatable bonds is 5. The number of benzene rings is 2. The van der Waals surface area contributed by atoms with E-state index in [9.17, 15) is 10.1 Å². The Morgan fingerprint density at radius 1 is 0.889 bits per heavy atom. The van der Waals surface area contributed by atoms with Crippen molar-refractivity contribution in [1.29, 1.82) is 0 Å². The molecule has 0 saturated carbocycles. The maximum Gasteiger partial charge on any atom is 0.278 e. The fourth-order valence-corrected chi connectivity index (χ4v) is 3.14. The van der Waals surface area contributed by atoms with Crippen molar-refractivity contribution in [3.63, 3.8) is 0 Å². The third-order valence-electron chi connectivity index (χ3n) is 4.41. The van der Waals surface area contributed by atoms with Gasteiger partial charge in [0.1, 0.15) is 0 Å². The lowest BCUT2D eigenvalue weighted by molar-refractivity contribution is -0.383. The van der Waals surface area contributed by atoms with Crippen LogP contribution in [0.25, 0.3) is 10.8 Å².